The highest BCUT2D eigenvalue weighted by Crippen LogP contribution is 2.24. The molecule has 0 fully saturated rings. The molecule has 1 aromatic carbocycles. The lowest BCUT2D eigenvalue weighted by Gasteiger charge is -2.10. The molecule has 0 heterocycles. The second-order valence-electron chi connectivity index (χ2n) is 3.40. The SMILES string of the molecule is Nc1ccc(Br)c(NC(=O)COCC(F)(F)F)c1. The Morgan fingerprint density at radius 2 is 2.11 bits per heavy atom. The van der Waals surface area contributed by atoms with Crippen molar-refractivity contribution in [2.75, 3.05) is 24.3 Å². The third-order valence-electron chi connectivity index (χ3n) is 1.76. The van der Waals surface area contributed by atoms with Gasteiger partial charge in [0.15, 0.2) is 0 Å². The number of hydrogen-bond donors (Lipinski definition) is 2. The summed E-state index contributed by atoms with van der Waals surface area (Å²) >= 11 is 3.17. The van der Waals surface area contributed by atoms with Crippen molar-refractivity contribution in [2.45, 2.75) is 6.18 Å². The van der Waals surface area contributed by atoms with Gasteiger partial charge < -0.3 is 15.8 Å². The summed E-state index contributed by atoms with van der Waals surface area (Å²) in [6.45, 7) is -2.14. The Labute approximate surface area is 109 Å². The molecule has 3 N–H and O–H groups in total. The van der Waals surface area contributed by atoms with Crippen molar-refractivity contribution in [3.05, 3.63) is 22.7 Å². The van der Waals surface area contributed by atoms with E-state index >= 15 is 0 Å². The van der Waals surface area contributed by atoms with Gasteiger partial charge in [-0.3, -0.25) is 4.79 Å². The summed E-state index contributed by atoms with van der Waals surface area (Å²) in [6.07, 6.45) is -4.45. The number of amides is 1. The van der Waals surface area contributed by atoms with E-state index in [4.69, 9.17) is 5.73 Å². The average molecular weight is 327 g/mol. The second kappa shape index (κ2) is 6.05. The number of halogens is 4. The standard InChI is InChI=1S/C10H10BrF3N2O2/c11-7-2-1-6(15)3-8(7)16-9(17)4-18-5-10(12,13)14/h1-3H,4-5,15H2,(H,16,17). The molecule has 1 rings (SSSR count). The first-order chi connectivity index (χ1) is 8.28. The molecular formula is C10H10BrF3N2O2. The molecular weight excluding hydrogens is 317 g/mol. The molecule has 18 heavy (non-hydrogen) atoms. The van der Waals surface area contributed by atoms with Crippen molar-refractivity contribution in [2.24, 2.45) is 0 Å². The topological polar surface area (TPSA) is 64.3 Å². The Hall–Kier alpha value is -1.28. The summed E-state index contributed by atoms with van der Waals surface area (Å²) in [5.41, 5.74) is 6.30. The maximum Gasteiger partial charge on any atom is 0.411 e. The van der Waals surface area contributed by atoms with Crippen LogP contribution in [0.5, 0.6) is 0 Å². The molecule has 0 aliphatic rings. The van der Waals surface area contributed by atoms with E-state index in [9.17, 15) is 18.0 Å². The van der Waals surface area contributed by atoms with Crippen LogP contribution in [-0.4, -0.2) is 25.3 Å². The number of ether oxygens (including phenoxy) is 1. The Morgan fingerprint density at radius 3 is 2.72 bits per heavy atom. The van der Waals surface area contributed by atoms with Crippen molar-refractivity contribution in [1.29, 1.82) is 0 Å². The fraction of sp³-hybridized carbons (Fsp3) is 0.300. The predicted molar refractivity (Wildman–Crippen MR) is 64.1 cm³/mol. The molecule has 1 amide bonds. The summed E-state index contributed by atoms with van der Waals surface area (Å²) in [4.78, 5) is 11.3. The highest BCUT2D eigenvalue weighted by atomic mass is 79.9. The highest BCUT2D eigenvalue weighted by molar-refractivity contribution is 9.10. The van der Waals surface area contributed by atoms with Gasteiger partial charge in [-0.15, -0.1) is 0 Å². The average Bonchev–Trinajstić information content (AvgIpc) is 2.21. The summed E-state index contributed by atoms with van der Waals surface area (Å²) in [6, 6.07) is 4.70. The summed E-state index contributed by atoms with van der Waals surface area (Å²) in [5, 5.41) is 2.38. The lowest BCUT2D eigenvalue weighted by molar-refractivity contribution is -0.174. The van der Waals surface area contributed by atoms with Gasteiger partial charge in [0, 0.05) is 10.2 Å². The molecule has 0 bridgehead atoms. The molecule has 4 nitrogen and oxygen atoms in total. The number of nitrogens with one attached hydrogen (secondary N) is 1. The van der Waals surface area contributed by atoms with Crippen LogP contribution in [0, 0.1) is 0 Å². The molecule has 0 aromatic heterocycles. The molecule has 0 unspecified atom stereocenters. The molecule has 8 heteroatoms. The quantitative estimate of drug-likeness (QED) is 0.836. The molecule has 0 saturated carbocycles. The first-order valence-electron chi connectivity index (χ1n) is 4.77. The number of carbonyl (C=O) groups excluding carboxylic acids is 1. The Kier molecular flexibility index (Phi) is 4.97. The molecule has 0 spiro atoms. The van der Waals surface area contributed by atoms with Crippen LogP contribution in [0.15, 0.2) is 22.7 Å². The Morgan fingerprint density at radius 1 is 1.44 bits per heavy atom. The van der Waals surface area contributed by atoms with Crippen LogP contribution in [0.1, 0.15) is 0 Å². The van der Waals surface area contributed by atoms with Gasteiger partial charge in [0.25, 0.3) is 0 Å². The number of anilines is 2. The number of hydrogen-bond acceptors (Lipinski definition) is 3. The van der Waals surface area contributed by atoms with Crippen molar-refractivity contribution in [3.8, 4) is 0 Å². The van der Waals surface area contributed by atoms with E-state index in [1.807, 2.05) is 0 Å². The Balaban J connectivity index is 2.47. The van der Waals surface area contributed by atoms with E-state index in [0.29, 0.717) is 15.8 Å². The minimum Gasteiger partial charge on any atom is -0.399 e. The van der Waals surface area contributed by atoms with Gasteiger partial charge in [0.1, 0.15) is 13.2 Å². The first-order valence-corrected chi connectivity index (χ1v) is 5.56. The lowest BCUT2D eigenvalue weighted by Crippen LogP contribution is -2.24. The lowest BCUT2D eigenvalue weighted by atomic mass is 10.3. The van der Waals surface area contributed by atoms with Gasteiger partial charge in [-0.25, -0.2) is 0 Å². The third kappa shape index (κ3) is 5.37. The smallest absolute Gasteiger partial charge is 0.399 e. The van der Waals surface area contributed by atoms with Gasteiger partial charge in [-0.1, -0.05) is 0 Å². The van der Waals surface area contributed by atoms with Crippen LogP contribution in [0.3, 0.4) is 0 Å². The molecule has 0 aliphatic heterocycles. The zero-order chi connectivity index (χ0) is 13.8. The highest BCUT2D eigenvalue weighted by Gasteiger charge is 2.27. The van der Waals surface area contributed by atoms with Gasteiger partial charge in [0.2, 0.25) is 5.91 Å². The van der Waals surface area contributed by atoms with Gasteiger partial charge in [0.05, 0.1) is 5.69 Å². The molecule has 0 saturated heterocycles. The minimum absolute atomic E-state index is 0.371. The molecule has 100 valence electrons. The normalized spacial score (nSPS) is 11.3. The largest absolute Gasteiger partial charge is 0.411 e. The predicted octanol–water partition coefficient (Wildman–Crippen LogP) is 2.55. The van der Waals surface area contributed by atoms with Crippen molar-refractivity contribution in [1.82, 2.24) is 0 Å². The zero-order valence-corrected chi connectivity index (χ0v) is 10.6. The van der Waals surface area contributed by atoms with Crippen LogP contribution >= 0.6 is 15.9 Å². The van der Waals surface area contributed by atoms with Crippen molar-refractivity contribution >= 4 is 33.2 Å². The minimum atomic E-state index is -4.45. The molecule has 0 aliphatic carbocycles. The maximum atomic E-state index is 11.8. The van der Waals surface area contributed by atoms with Gasteiger partial charge in [-0.05, 0) is 34.1 Å². The van der Waals surface area contributed by atoms with E-state index in [-0.39, 0.29) is 0 Å². The maximum absolute atomic E-state index is 11.8. The fourth-order valence-electron chi connectivity index (χ4n) is 1.08. The van der Waals surface area contributed by atoms with E-state index in [0.717, 1.165) is 0 Å². The fourth-order valence-corrected chi connectivity index (χ4v) is 1.43. The molecule has 1 aromatic rings. The molecule has 0 atom stereocenters. The van der Waals surface area contributed by atoms with E-state index < -0.39 is 25.3 Å². The van der Waals surface area contributed by atoms with Crippen LogP contribution in [0.25, 0.3) is 0 Å². The zero-order valence-electron chi connectivity index (χ0n) is 9.05. The summed E-state index contributed by atoms with van der Waals surface area (Å²) in [7, 11) is 0. The third-order valence-corrected chi connectivity index (χ3v) is 2.45. The van der Waals surface area contributed by atoms with E-state index in [2.05, 4.69) is 26.0 Å². The second-order valence-corrected chi connectivity index (χ2v) is 4.25. The van der Waals surface area contributed by atoms with Crippen molar-refractivity contribution < 1.29 is 22.7 Å². The van der Waals surface area contributed by atoms with Gasteiger partial charge in [-0.2, -0.15) is 13.2 Å². The first kappa shape index (κ1) is 14.8. The van der Waals surface area contributed by atoms with Crippen LogP contribution < -0.4 is 11.1 Å². The number of carbonyl (C=O) groups is 1. The van der Waals surface area contributed by atoms with Gasteiger partial charge >= 0.3 is 6.18 Å². The number of benzene rings is 1. The number of nitrogen functional groups attached to an aromatic ring is 1. The van der Waals surface area contributed by atoms with E-state index in [1.54, 1.807) is 12.1 Å². The molecule has 0 radical (unpaired) electrons. The number of alkyl halides is 3. The summed E-state index contributed by atoms with van der Waals surface area (Å²) < 4.78 is 40.1. The number of rotatable bonds is 4. The van der Waals surface area contributed by atoms with Crippen molar-refractivity contribution in [3.63, 3.8) is 0 Å². The monoisotopic (exact) mass is 326 g/mol. The van der Waals surface area contributed by atoms with Crippen LogP contribution in [0.4, 0.5) is 24.5 Å². The van der Waals surface area contributed by atoms with E-state index in [1.165, 1.54) is 6.07 Å². The number of nitrogens with two attached hydrogens (primary N) is 1. The Bertz CT molecular complexity index is 438. The van der Waals surface area contributed by atoms with Crippen LogP contribution in [-0.2, 0) is 9.53 Å². The van der Waals surface area contributed by atoms with Crippen LogP contribution in [0.2, 0.25) is 0 Å². The summed E-state index contributed by atoms with van der Waals surface area (Å²) in [5.74, 6) is -0.689.